The van der Waals surface area contributed by atoms with Crippen LogP contribution in [0.25, 0.3) is 0 Å². The van der Waals surface area contributed by atoms with Gasteiger partial charge in [0, 0.05) is 39.1 Å². The summed E-state index contributed by atoms with van der Waals surface area (Å²) in [5.41, 5.74) is 0. The topological polar surface area (TPSA) is 40.5 Å². The number of aliphatic hydroxyl groups is 2. The van der Waals surface area contributed by atoms with Crippen LogP contribution in [0.1, 0.15) is 26.7 Å². The Kier molecular flexibility index (Phi) is 109. The molecule has 0 bridgehead atoms. The van der Waals surface area contributed by atoms with Gasteiger partial charge in [-0.25, -0.2) is 0 Å². The molecule has 0 amide bonds. The fourth-order valence-electron chi connectivity index (χ4n) is 0. The molecule has 5 heteroatoms. The first-order valence-electron chi connectivity index (χ1n) is 3.05. The summed E-state index contributed by atoms with van der Waals surface area (Å²) in [5.74, 6) is 0. The van der Waals surface area contributed by atoms with Crippen molar-refractivity contribution >= 4 is 34.0 Å². The van der Waals surface area contributed by atoms with E-state index in [2.05, 4.69) is 0 Å². The molecule has 0 unspecified atom stereocenters. The zero-order valence-corrected chi connectivity index (χ0v) is 14.1. The molecule has 0 rings (SSSR count). The molecule has 72 valence electrons. The van der Waals surface area contributed by atoms with E-state index in [-0.39, 0.29) is 59.8 Å². The summed E-state index contributed by atoms with van der Waals surface area (Å²) in [4.78, 5) is 0. The molecular weight excluding hydrogens is 442 g/mol. The van der Waals surface area contributed by atoms with Gasteiger partial charge in [0.1, 0.15) is 0 Å². The van der Waals surface area contributed by atoms with E-state index >= 15 is 0 Å². The van der Waals surface area contributed by atoms with Crippen LogP contribution in [0.3, 0.4) is 0 Å². The molecule has 0 atom stereocenters. The maximum absolute atomic E-state index is 7.88. The summed E-state index contributed by atoms with van der Waals surface area (Å²) >= 11 is 0. The molecule has 0 aromatic rings. The second kappa shape index (κ2) is 41.1. The number of rotatable bonds is 2. The summed E-state index contributed by atoms with van der Waals surface area (Å²) in [6.07, 6.45) is 1.75. The van der Waals surface area contributed by atoms with E-state index in [1.807, 2.05) is 13.8 Å². The maximum Gasteiger partial charge on any atom is 0.0428 e. The van der Waals surface area contributed by atoms with Crippen molar-refractivity contribution in [2.24, 2.45) is 0 Å². The van der Waals surface area contributed by atoms with Crippen molar-refractivity contribution in [2.45, 2.75) is 26.7 Å². The minimum atomic E-state index is 0. The van der Waals surface area contributed by atoms with Crippen LogP contribution in [0.4, 0.5) is 0 Å². The summed E-state index contributed by atoms with van der Waals surface area (Å²) in [7, 11) is 0. The molecule has 0 aromatic carbocycles. The molecule has 0 heterocycles. The first kappa shape index (κ1) is 29.3. The van der Waals surface area contributed by atoms with Gasteiger partial charge in [0.05, 0.1) is 0 Å². The van der Waals surface area contributed by atoms with Crippen molar-refractivity contribution in [3.8, 4) is 0 Å². The fraction of sp³-hybridized carbons (Fsp3) is 1.00. The van der Waals surface area contributed by atoms with Crippen molar-refractivity contribution in [1.82, 2.24) is 0 Å². The number of aliphatic hydroxyl groups excluding tert-OH is 2. The first-order valence-corrected chi connectivity index (χ1v) is 3.05. The quantitative estimate of drug-likeness (QED) is 0.619. The maximum atomic E-state index is 7.88. The molecule has 2 nitrogen and oxygen atoms in total. The standard InChI is InChI=1S/2C3H8O.2BrH.Hf/c2*1-2-3-4;;;/h2*4H,2-3H2,1H3;2*1H;. The molecule has 11 heavy (non-hydrogen) atoms. The van der Waals surface area contributed by atoms with Gasteiger partial charge in [-0.05, 0) is 12.8 Å². The van der Waals surface area contributed by atoms with Gasteiger partial charge in [0.15, 0.2) is 0 Å². The SMILES string of the molecule is Br.Br.CCCO.CCCO.[Hf]. The normalized spacial score (nSPS) is 5.45. The zero-order chi connectivity index (χ0) is 6.83. The van der Waals surface area contributed by atoms with E-state index in [9.17, 15) is 0 Å². The van der Waals surface area contributed by atoms with Crippen LogP contribution in [-0.4, -0.2) is 23.4 Å². The first-order chi connectivity index (χ1) is 3.83. The second-order valence-corrected chi connectivity index (χ2v) is 1.45. The molecular formula is C6H18Br2HfO2. The molecule has 0 aromatic heterocycles. The van der Waals surface area contributed by atoms with Crippen LogP contribution in [0.2, 0.25) is 0 Å². The Morgan fingerprint density at radius 1 is 0.818 bits per heavy atom. The number of halogens is 2. The third-order valence-corrected chi connectivity index (χ3v) is 0.447. The number of hydrogen-bond acceptors (Lipinski definition) is 2. The molecule has 0 saturated carbocycles. The van der Waals surface area contributed by atoms with E-state index in [4.69, 9.17) is 10.2 Å². The second-order valence-electron chi connectivity index (χ2n) is 1.45. The Morgan fingerprint density at radius 3 is 0.909 bits per heavy atom. The Balaban J connectivity index is -0.0000000171. The Bertz CT molecular complexity index is 26.5. The van der Waals surface area contributed by atoms with Gasteiger partial charge < -0.3 is 10.2 Å². The van der Waals surface area contributed by atoms with E-state index in [1.165, 1.54) is 0 Å². The van der Waals surface area contributed by atoms with Crippen molar-refractivity contribution in [3.05, 3.63) is 0 Å². The van der Waals surface area contributed by atoms with Gasteiger partial charge in [0.25, 0.3) is 0 Å². The van der Waals surface area contributed by atoms with Crippen LogP contribution < -0.4 is 0 Å². The largest absolute Gasteiger partial charge is 0.396 e. The molecule has 0 radical (unpaired) electrons. The monoisotopic (exact) mass is 460 g/mol. The van der Waals surface area contributed by atoms with E-state index in [1.54, 1.807) is 0 Å². The summed E-state index contributed by atoms with van der Waals surface area (Å²) in [6, 6.07) is 0. The van der Waals surface area contributed by atoms with Gasteiger partial charge in [-0.15, -0.1) is 34.0 Å². The third kappa shape index (κ3) is 79.4. The van der Waals surface area contributed by atoms with Crippen molar-refractivity contribution < 1.29 is 36.1 Å². The Morgan fingerprint density at radius 2 is 0.909 bits per heavy atom. The summed E-state index contributed by atoms with van der Waals surface area (Å²) in [6.45, 7) is 4.50. The van der Waals surface area contributed by atoms with E-state index in [0.29, 0.717) is 13.2 Å². The van der Waals surface area contributed by atoms with Crippen LogP contribution in [0.5, 0.6) is 0 Å². The minimum Gasteiger partial charge on any atom is -0.396 e. The van der Waals surface area contributed by atoms with Gasteiger partial charge in [-0.3, -0.25) is 0 Å². The average Bonchev–Trinajstić information content (AvgIpc) is 1.88. The van der Waals surface area contributed by atoms with E-state index < -0.39 is 0 Å². The fourth-order valence-corrected chi connectivity index (χ4v) is 0. The Hall–Kier alpha value is 1.75. The van der Waals surface area contributed by atoms with Crippen molar-refractivity contribution in [1.29, 1.82) is 0 Å². The average molecular weight is 461 g/mol. The predicted molar refractivity (Wildman–Crippen MR) is 55.4 cm³/mol. The number of hydrogen-bond donors (Lipinski definition) is 2. The molecule has 0 aliphatic heterocycles. The minimum absolute atomic E-state index is 0. The summed E-state index contributed by atoms with van der Waals surface area (Å²) < 4.78 is 0. The molecule has 2 N–H and O–H groups in total. The third-order valence-electron chi connectivity index (χ3n) is 0.447. The molecule has 0 aliphatic rings. The van der Waals surface area contributed by atoms with Crippen LogP contribution in [-0.2, 0) is 25.8 Å². The van der Waals surface area contributed by atoms with Crippen LogP contribution in [0, 0.1) is 0 Å². The van der Waals surface area contributed by atoms with Crippen LogP contribution >= 0.6 is 34.0 Å². The van der Waals surface area contributed by atoms with Gasteiger partial charge in [0.2, 0.25) is 0 Å². The van der Waals surface area contributed by atoms with Gasteiger partial charge in [-0.2, -0.15) is 0 Å². The van der Waals surface area contributed by atoms with E-state index in [0.717, 1.165) is 12.8 Å². The zero-order valence-electron chi connectivity index (χ0n) is 7.04. The van der Waals surface area contributed by atoms with Crippen molar-refractivity contribution in [3.63, 3.8) is 0 Å². The van der Waals surface area contributed by atoms with Crippen LogP contribution in [0.15, 0.2) is 0 Å². The predicted octanol–water partition coefficient (Wildman–Crippen LogP) is 1.93. The summed E-state index contributed by atoms with van der Waals surface area (Å²) in [5, 5.41) is 15.8. The molecule has 0 spiro atoms. The molecule has 0 fully saturated rings. The smallest absolute Gasteiger partial charge is 0.0428 e. The Labute approximate surface area is 109 Å². The van der Waals surface area contributed by atoms with Crippen molar-refractivity contribution in [2.75, 3.05) is 13.2 Å². The molecule has 0 saturated heterocycles. The molecule has 0 aliphatic carbocycles. The van der Waals surface area contributed by atoms with Gasteiger partial charge in [-0.1, -0.05) is 13.8 Å². The van der Waals surface area contributed by atoms with Gasteiger partial charge >= 0.3 is 0 Å².